The molecular weight excluding hydrogens is 202 g/mol. The maximum Gasteiger partial charge on any atom is 0.223 e. The molecule has 94 valence electrons. The Labute approximate surface area is 98.6 Å². The molecular formula is C13H25NO2. The lowest BCUT2D eigenvalue weighted by molar-refractivity contribution is -0.126. The summed E-state index contributed by atoms with van der Waals surface area (Å²) in [6, 6.07) is 0. The number of amides is 1. The fraction of sp³-hybridized carbons (Fsp3) is 0.923. The van der Waals surface area contributed by atoms with Gasteiger partial charge in [-0.3, -0.25) is 4.79 Å². The summed E-state index contributed by atoms with van der Waals surface area (Å²) in [5, 5.41) is 11.9. The third-order valence-corrected chi connectivity index (χ3v) is 3.66. The Bertz CT molecular complexity index is 218. The fourth-order valence-electron chi connectivity index (χ4n) is 2.44. The number of rotatable bonds is 4. The number of carbonyl (C=O) groups excluding carboxylic acids is 1. The number of aliphatic hydroxyl groups is 1. The molecule has 0 spiro atoms. The van der Waals surface area contributed by atoms with Crippen molar-refractivity contribution in [1.29, 1.82) is 0 Å². The number of carbonyl (C=O) groups is 1. The van der Waals surface area contributed by atoms with Crippen LogP contribution in [0.4, 0.5) is 0 Å². The third kappa shape index (κ3) is 4.12. The molecule has 1 unspecified atom stereocenters. The monoisotopic (exact) mass is 227 g/mol. The van der Waals surface area contributed by atoms with E-state index in [-0.39, 0.29) is 11.8 Å². The van der Waals surface area contributed by atoms with Crippen LogP contribution in [-0.4, -0.2) is 23.7 Å². The molecule has 0 aromatic rings. The summed E-state index contributed by atoms with van der Waals surface area (Å²) >= 11 is 0. The van der Waals surface area contributed by atoms with Gasteiger partial charge < -0.3 is 10.4 Å². The normalized spacial score (nSPS) is 27.8. The van der Waals surface area contributed by atoms with Gasteiger partial charge in [-0.15, -0.1) is 0 Å². The Kier molecular flexibility index (Phi) is 5.26. The minimum atomic E-state index is -0.448. The third-order valence-electron chi connectivity index (χ3n) is 3.66. The van der Waals surface area contributed by atoms with Gasteiger partial charge in [-0.25, -0.2) is 0 Å². The van der Waals surface area contributed by atoms with Crippen molar-refractivity contribution in [3.05, 3.63) is 0 Å². The highest BCUT2D eigenvalue weighted by atomic mass is 16.3. The Balaban J connectivity index is 2.27. The highest BCUT2D eigenvalue weighted by Gasteiger charge is 2.27. The standard InChI is InChI=1S/C13H25NO2/c1-9(2)11-4-6-12(7-5-11)13(16)14-8-10(3)15/h9-12,15H,4-8H2,1-3H3,(H,14,16). The van der Waals surface area contributed by atoms with Crippen LogP contribution in [0.3, 0.4) is 0 Å². The van der Waals surface area contributed by atoms with Gasteiger partial charge in [-0.05, 0) is 44.4 Å². The van der Waals surface area contributed by atoms with Crippen molar-refractivity contribution in [2.45, 2.75) is 52.6 Å². The lowest BCUT2D eigenvalue weighted by Gasteiger charge is -2.30. The molecule has 1 aliphatic carbocycles. The summed E-state index contributed by atoms with van der Waals surface area (Å²) in [7, 11) is 0. The second-order valence-corrected chi connectivity index (χ2v) is 5.45. The first-order valence-corrected chi connectivity index (χ1v) is 6.46. The Morgan fingerprint density at radius 3 is 2.25 bits per heavy atom. The molecule has 0 aromatic carbocycles. The van der Waals surface area contributed by atoms with Crippen molar-refractivity contribution in [3.8, 4) is 0 Å². The van der Waals surface area contributed by atoms with Crippen molar-refractivity contribution in [2.75, 3.05) is 6.54 Å². The van der Waals surface area contributed by atoms with Crippen LogP contribution in [0.25, 0.3) is 0 Å². The predicted molar refractivity (Wildman–Crippen MR) is 65.0 cm³/mol. The Hall–Kier alpha value is -0.570. The summed E-state index contributed by atoms with van der Waals surface area (Å²) in [6.07, 6.45) is 3.91. The lowest BCUT2D eigenvalue weighted by atomic mass is 9.77. The minimum absolute atomic E-state index is 0.128. The van der Waals surface area contributed by atoms with Gasteiger partial charge in [0.1, 0.15) is 0 Å². The van der Waals surface area contributed by atoms with Crippen LogP contribution in [0.15, 0.2) is 0 Å². The first kappa shape index (κ1) is 13.5. The number of nitrogens with one attached hydrogen (secondary N) is 1. The maximum atomic E-state index is 11.8. The van der Waals surface area contributed by atoms with E-state index >= 15 is 0 Å². The Morgan fingerprint density at radius 2 is 1.81 bits per heavy atom. The summed E-state index contributed by atoms with van der Waals surface area (Å²) in [5.41, 5.74) is 0. The van der Waals surface area contributed by atoms with Crippen LogP contribution >= 0.6 is 0 Å². The van der Waals surface area contributed by atoms with E-state index in [1.165, 1.54) is 12.8 Å². The summed E-state index contributed by atoms with van der Waals surface area (Å²) in [6.45, 7) is 6.59. The zero-order valence-electron chi connectivity index (χ0n) is 10.7. The molecule has 0 heterocycles. The van der Waals surface area contributed by atoms with Crippen LogP contribution in [0.1, 0.15) is 46.5 Å². The average molecular weight is 227 g/mol. The van der Waals surface area contributed by atoms with Crippen LogP contribution in [0.2, 0.25) is 0 Å². The largest absolute Gasteiger partial charge is 0.392 e. The molecule has 1 rings (SSSR count). The number of aliphatic hydroxyl groups excluding tert-OH is 1. The molecule has 2 N–H and O–H groups in total. The second-order valence-electron chi connectivity index (χ2n) is 5.45. The van der Waals surface area contributed by atoms with Crippen molar-refractivity contribution in [3.63, 3.8) is 0 Å². The maximum absolute atomic E-state index is 11.8. The van der Waals surface area contributed by atoms with E-state index in [1.54, 1.807) is 6.92 Å². The van der Waals surface area contributed by atoms with E-state index in [1.807, 2.05) is 0 Å². The molecule has 0 aromatic heterocycles. The zero-order valence-corrected chi connectivity index (χ0v) is 10.7. The molecule has 1 amide bonds. The molecule has 0 bridgehead atoms. The molecule has 1 atom stereocenters. The van der Waals surface area contributed by atoms with Gasteiger partial charge >= 0.3 is 0 Å². The molecule has 0 radical (unpaired) electrons. The van der Waals surface area contributed by atoms with Crippen molar-refractivity contribution >= 4 is 5.91 Å². The lowest BCUT2D eigenvalue weighted by Crippen LogP contribution is -2.37. The molecule has 1 saturated carbocycles. The van der Waals surface area contributed by atoms with E-state index in [0.29, 0.717) is 6.54 Å². The summed E-state index contributed by atoms with van der Waals surface area (Å²) in [4.78, 5) is 11.8. The topological polar surface area (TPSA) is 49.3 Å². The molecule has 3 nitrogen and oxygen atoms in total. The molecule has 0 saturated heterocycles. The van der Waals surface area contributed by atoms with Gasteiger partial charge in [0.15, 0.2) is 0 Å². The van der Waals surface area contributed by atoms with Crippen molar-refractivity contribution in [1.82, 2.24) is 5.32 Å². The number of hydrogen-bond acceptors (Lipinski definition) is 2. The van der Waals surface area contributed by atoms with Crippen LogP contribution in [0, 0.1) is 17.8 Å². The van der Waals surface area contributed by atoms with E-state index < -0.39 is 6.10 Å². The van der Waals surface area contributed by atoms with Gasteiger partial charge in [0.25, 0.3) is 0 Å². The van der Waals surface area contributed by atoms with Gasteiger partial charge in [0.2, 0.25) is 5.91 Å². The van der Waals surface area contributed by atoms with Crippen molar-refractivity contribution in [2.24, 2.45) is 17.8 Å². The molecule has 1 fully saturated rings. The fourth-order valence-corrected chi connectivity index (χ4v) is 2.44. The van der Waals surface area contributed by atoms with E-state index in [2.05, 4.69) is 19.2 Å². The van der Waals surface area contributed by atoms with Gasteiger partial charge in [-0.1, -0.05) is 13.8 Å². The minimum Gasteiger partial charge on any atom is -0.392 e. The first-order valence-electron chi connectivity index (χ1n) is 6.46. The average Bonchev–Trinajstić information content (AvgIpc) is 2.26. The van der Waals surface area contributed by atoms with Crippen LogP contribution in [0.5, 0.6) is 0 Å². The molecule has 0 aliphatic heterocycles. The van der Waals surface area contributed by atoms with E-state index in [9.17, 15) is 4.79 Å². The Morgan fingerprint density at radius 1 is 1.25 bits per heavy atom. The van der Waals surface area contributed by atoms with Crippen LogP contribution in [-0.2, 0) is 4.79 Å². The SMILES string of the molecule is CC(O)CNC(=O)C1CCC(C(C)C)CC1. The number of hydrogen-bond donors (Lipinski definition) is 2. The quantitative estimate of drug-likeness (QED) is 0.771. The summed E-state index contributed by atoms with van der Waals surface area (Å²) < 4.78 is 0. The second kappa shape index (κ2) is 6.24. The first-order chi connectivity index (χ1) is 7.50. The highest BCUT2D eigenvalue weighted by molar-refractivity contribution is 5.78. The zero-order chi connectivity index (χ0) is 12.1. The highest BCUT2D eigenvalue weighted by Crippen LogP contribution is 2.33. The van der Waals surface area contributed by atoms with Crippen molar-refractivity contribution < 1.29 is 9.90 Å². The van der Waals surface area contributed by atoms with Gasteiger partial charge in [0, 0.05) is 12.5 Å². The molecule has 1 aliphatic rings. The molecule has 3 heteroatoms. The van der Waals surface area contributed by atoms with E-state index in [0.717, 1.165) is 24.7 Å². The predicted octanol–water partition coefficient (Wildman–Crippen LogP) is 1.95. The molecule has 16 heavy (non-hydrogen) atoms. The summed E-state index contributed by atoms with van der Waals surface area (Å²) in [5.74, 6) is 1.83. The van der Waals surface area contributed by atoms with E-state index in [4.69, 9.17) is 5.11 Å². The van der Waals surface area contributed by atoms with Gasteiger partial charge in [-0.2, -0.15) is 0 Å². The van der Waals surface area contributed by atoms with Gasteiger partial charge in [0.05, 0.1) is 6.10 Å². The van der Waals surface area contributed by atoms with Crippen LogP contribution < -0.4 is 5.32 Å². The smallest absolute Gasteiger partial charge is 0.223 e.